The van der Waals surface area contributed by atoms with E-state index in [2.05, 4.69) is 0 Å². The van der Waals surface area contributed by atoms with E-state index >= 15 is 0 Å². The van der Waals surface area contributed by atoms with Gasteiger partial charge in [0.25, 0.3) is 5.91 Å². The van der Waals surface area contributed by atoms with Crippen molar-refractivity contribution in [3.8, 4) is 0 Å². The summed E-state index contributed by atoms with van der Waals surface area (Å²) >= 11 is 1.66. The zero-order valence-corrected chi connectivity index (χ0v) is 20.9. The van der Waals surface area contributed by atoms with Crippen molar-refractivity contribution in [1.82, 2.24) is 9.80 Å². The number of aryl methyl sites for hydroxylation is 1. The number of nitrogens with zero attached hydrogens (tertiary/aromatic N) is 2. The number of amides is 2. The van der Waals surface area contributed by atoms with Crippen LogP contribution in [0.1, 0.15) is 43.5 Å². The Hall–Kier alpha value is -3.17. The van der Waals surface area contributed by atoms with Gasteiger partial charge in [-0.3, -0.25) is 9.59 Å². The molecule has 0 bridgehead atoms. The van der Waals surface area contributed by atoms with Gasteiger partial charge in [0, 0.05) is 30.6 Å². The lowest BCUT2D eigenvalue weighted by Gasteiger charge is -2.37. The predicted octanol–water partition coefficient (Wildman–Crippen LogP) is 5.34. The number of ether oxygens (including phenoxy) is 1. The van der Waals surface area contributed by atoms with Gasteiger partial charge in [-0.05, 0) is 54.1 Å². The Morgan fingerprint density at radius 2 is 1.89 bits per heavy atom. The average Bonchev–Trinajstić information content (AvgIpc) is 3.34. The molecule has 3 aromatic rings. The highest BCUT2D eigenvalue weighted by atomic mass is 32.1. The van der Waals surface area contributed by atoms with E-state index < -0.39 is 17.6 Å². The van der Waals surface area contributed by atoms with Gasteiger partial charge in [-0.1, -0.05) is 35.9 Å². The second kappa shape index (κ2) is 10.8. The molecule has 1 aromatic heterocycles. The summed E-state index contributed by atoms with van der Waals surface area (Å²) in [5.41, 5.74) is 2.11. The quantitative estimate of drug-likeness (QED) is 0.426. The van der Waals surface area contributed by atoms with Gasteiger partial charge in [0.2, 0.25) is 5.91 Å². The molecule has 36 heavy (non-hydrogen) atoms. The lowest BCUT2D eigenvalue weighted by Crippen LogP contribution is -2.47. The second-order valence-corrected chi connectivity index (χ2v) is 9.75. The number of thiophene rings is 1. The molecule has 0 spiro atoms. The molecule has 0 saturated heterocycles. The summed E-state index contributed by atoms with van der Waals surface area (Å²) in [6.07, 6.45) is -3.86. The van der Waals surface area contributed by atoms with Gasteiger partial charge >= 0.3 is 6.18 Å². The summed E-state index contributed by atoms with van der Waals surface area (Å²) in [5.74, 6) is -0.916. The van der Waals surface area contributed by atoms with Crippen molar-refractivity contribution in [3.05, 3.63) is 92.7 Å². The number of carbonyl (C=O) groups excluding carboxylic acids is 2. The third kappa shape index (κ3) is 5.63. The molecule has 9 heteroatoms. The molecule has 0 fully saturated rings. The highest BCUT2D eigenvalue weighted by Crippen LogP contribution is 2.38. The molecule has 5 nitrogen and oxygen atoms in total. The highest BCUT2D eigenvalue weighted by Gasteiger charge is 2.35. The molecular formula is C27H27F3N2O3S. The first kappa shape index (κ1) is 25.9. The van der Waals surface area contributed by atoms with Gasteiger partial charge in [0.05, 0.1) is 18.2 Å². The van der Waals surface area contributed by atoms with E-state index in [9.17, 15) is 22.8 Å². The van der Waals surface area contributed by atoms with Gasteiger partial charge in [0.15, 0.2) is 0 Å². The first-order valence-corrected chi connectivity index (χ1v) is 12.4. The summed E-state index contributed by atoms with van der Waals surface area (Å²) in [7, 11) is 1.46. The maximum Gasteiger partial charge on any atom is 0.416 e. The number of hydrogen-bond donors (Lipinski definition) is 0. The summed E-state index contributed by atoms with van der Waals surface area (Å²) in [4.78, 5) is 31.1. The molecule has 0 saturated carbocycles. The Kier molecular flexibility index (Phi) is 7.80. The first-order valence-electron chi connectivity index (χ1n) is 11.6. The van der Waals surface area contributed by atoms with Crippen LogP contribution in [0.5, 0.6) is 0 Å². The van der Waals surface area contributed by atoms with Crippen LogP contribution in [0.3, 0.4) is 0 Å². The van der Waals surface area contributed by atoms with Crippen molar-refractivity contribution in [2.75, 3.05) is 33.4 Å². The minimum atomic E-state index is -4.57. The minimum Gasteiger partial charge on any atom is -0.383 e. The number of fused-ring (bicyclic) bond motifs is 1. The molecule has 4 rings (SSSR count). The number of halogens is 3. The number of methoxy groups -OCH3 is 1. The number of hydrogen-bond acceptors (Lipinski definition) is 4. The van der Waals surface area contributed by atoms with Crippen LogP contribution in [0.2, 0.25) is 0 Å². The van der Waals surface area contributed by atoms with Crippen LogP contribution in [0.4, 0.5) is 13.2 Å². The summed E-state index contributed by atoms with van der Waals surface area (Å²) in [6, 6.07) is 14.0. The molecular weight excluding hydrogens is 489 g/mol. The van der Waals surface area contributed by atoms with Crippen LogP contribution in [-0.4, -0.2) is 55.0 Å². The van der Waals surface area contributed by atoms with Gasteiger partial charge < -0.3 is 14.5 Å². The standard InChI is InChI=1S/C27H27F3N2O3S/c1-18-6-8-19(9-7-18)25-22-11-15-36-23(22)10-12-32(25)24(33)17-31(13-14-35-2)26(34)20-4-3-5-21(16-20)27(28,29)30/h3-9,11,15-16,25H,10,12-14,17H2,1-2H3. The summed E-state index contributed by atoms with van der Waals surface area (Å²) < 4.78 is 44.7. The zero-order valence-electron chi connectivity index (χ0n) is 20.0. The third-order valence-electron chi connectivity index (χ3n) is 6.29. The van der Waals surface area contributed by atoms with E-state index in [1.807, 2.05) is 42.6 Å². The van der Waals surface area contributed by atoms with Crippen LogP contribution in [0, 0.1) is 6.92 Å². The molecule has 0 radical (unpaired) electrons. The SMILES string of the molecule is COCCN(CC(=O)N1CCc2sccc2C1c1ccc(C)cc1)C(=O)c1cccc(C(F)(F)F)c1. The van der Waals surface area contributed by atoms with Crippen molar-refractivity contribution in [1.29, 1.82) is 0 Å². The molecule has 0 N–H and O–H groups in total. The van der Waals surface area contributed by atoms with E-state index in [1.165, 1.54) is 29.0 Å². The lowest BCUT2D eigenvalue weighted by molar-refractivity contribution is -0.137. The molecule has 2 heterocycles. The molecule has 2 amide bonds. The topological polar surface area (TPSA) is 49.9 Å². The fourth-order valence-corrected chi connectivity index (χ4v) is 5.32. The van der Waals surface area contributed by atoms with Crippen LogP contribution in [0.15, 0.2) is 60.0 Å². The minimum absolute atomic E-state index is 0.0735. The number of alkyl halides is 3. The highest BCUT2D eigenvalue weighted by molar-refractivity contribution is 7.10. The Balaban J connectivity index is 1.61. The summed E-state index contributed by atoms with van der Waals surface area (Å²) in [5, 5.41) is 2.02. The molecule has 2 aromatic carbocycles. The Labute approximate surface area is 212 Å². The smallest absolute Gasteiger partial charge is 0.383 e. The Morgan fingerprint density at radius 1 is 1.14 bits per heavy atom. The maximum absolute atomic E-state index is 13.6. The largest absolute Gasteiger partial charge is 0.416 e. The molecule has 190 valence electrons. The van der Waals surface area contributed by atoms with Gasteiger partial charge in [0.1, 0.15) is 6.54 Å². The number of benzene rings is 2. The van der Waals surface area contributed by atoms with Gasteiger partial charge in [-0.25, -0.2) is 0 Å². The normalized spacial score (nSPS) is 15.5. The lowest BCUT2D eigenvalue weighted by atomic mass is 9.92. The fraction of sp³-hybridized carbons (Fsp3) is 0.333. The predicted molar refractivity (Wildman–Crippen MR) is 132 cm³/mol. The Morgan fingerprint density at radius 3 is 2.58 bits per heavy atom. The average molecular weight is 517 g/mol. The van der Waals surface area contributed by atoms with E-state index in [-0.39, 0.29) is 37.2 Å². The number of carbonyl (C=O) groups is 2. The van der Waals surface area contributed by atoms with E-state index in [0.29, 0.717) is 13.0 Å². The molecule has 1 atom stereocenters. The van der Waals surface area contributed by atoms with E-state index in [4.69, 9.17) is 4.74 Å². The van der Waals surface area contributed by atoms with Crippen molar-refractivity contribution >= 4 is 23.2 Å². The molecule has 1 aliphatic rings. The fourth-order valence-electron chi connectivity index (χ4n) is 4.41. The molecule has 1 aliphatic heterocycles. The second-order valence-electron chi connectivity index (χ2n) is 8.75. The van der Waals surface area contributed by atoms with Crippen molar-refractivity contribution < 1.29 is 27.5 Å². The van der Waals surface area contributed by atoms with Gasteiger partial charge in [-0.15, -0.1) is 11.3 Å². The van der Waals surface area contributed by atoms with Crippen LogP contribution in [-0.2, 0) is 22.1 Å². The maximum atomic E-state index is 13.6. The van der Waals surface area contributed by atoms with Crippen LogP contribution >= 0.6 is 11.3 Å². The van der Waals surface area contributed by atoms with Crippen molar-refractivity contribution in [3.63, 3.8) is 0 Å². The monoisotopic (exact) mass is 516 g/mol. The van der Waals surface area contributed by atoms with Crippen molar-refractivity contribution in [2.24, 2.45) is 0 Å². The zero-order chi connectivity index (χ0) is 25.9. The summed E-state index contributed by atoms with van der Waals surface area (Å²) in [6.45, 7) is 2.44. The van der Waals surface area contributed by atoms with E-state index in [1.54, 1.807) is 16.2 Å². The first-order chi connectivity index (χ1) is 17.2. The molecule has 0 aliphatic carbocycles. The van der Waals surface area contributed by atoms with E-state index in [0.717, 1.165) is 28.8 Å². The van der Waals surface area contributed by atoms with Gasteiger partial charge in [-0.2, -0.15) is 13.2 Å². The Bertz CT molecular complexity index is 1220. The number of rotatable bonds is 7. The van der Waals surface area contributed by atoms with Crippen LogP contribution < -0.4 is 0 Å². The van der Waals surface area contributed by atoms with Crippen molar-refractivity contribution in [2.45, 2.75) is 25.6 Å². The molecule has 1 unspecified atom stereocenters. The third-order valence-corrected chi connectivity index (χ3v) is 7.29. The van der Waals surface area contributed by atoms with Crippen LogP contribution in [0.25, 0.3) is 0 Å².